The molecule has 0 saturated carbocycles. The van der Waals surface area contributed by atoms with Gasteiger partial charge in [-0.25, -0.2) is 9.34 Å². The molecule has 372 valence electrons. The molecule has 10 aromatic carbocycles. The minimum Gasteiger partial charge on any atom is -0.300 e. The van der Waals surface area contributed by atoms with E-state index < -0.39 is 24.9 Å². The van der Waals surface area contributed by atoms with Crippen LogP contribution in [-0.2, 0) is 32.5 Å². The largest absolute Gasteiger partial charge is 0.300 e. The maximum Gasteiger partial charge on any atom is 0.190 e. The summed E-state index contributed by atoms with van der Waals surface area (Å²) in [6.45, 7) is 5.76. The third-order valence-corrected chi connectivity index (χ3v) is 25.3. The van der Waals surface area contributed by atoms with E-state index in [0.717, 1.165) is 32.2 Å². The number of nitrogens with zero attached hydrogens (tertiary/aromatic N) is 2. The summed E-state index contributed by atoms with van der Waals surface area (Å²) >= 11 is 0. The van der Waals surface area contributed by atoms with Gasteiger partial charge in [0, 0.05) is 47.6 Å². The van der Waals surface area contributed by atoms with Crippen LogP contribution in [0.15, 0.2) is 267 Å². The predicted molar refractivity (Wildman–Crippen MR) is 317 cm³/mol. The maximum absolute atomic E-state index is 16.5. The highest BCUT2D eigenvalue weighted by atomic mass is 31.2. The molecule has 0 spiro atoms. The molecular weight excluding hydrogens is 963 g/mol. The first-order valence-corrected chi connectivity index (χ1v) is 30.0. The molecule has 2 aliphatic carbocycles. The van der Waals surface area contributed by atoms with Gasteiger partial charge in [-0.3, -0.25) is 0 Å². The quantitative estimate of drug-likeness (QED) is 0.142. The third-order valence-electron chi connectivity index (χ3n) is 17.4. The Morgan fingerprint density at radius 2 is 0.697 bits per heavy atom. The molecule has 10 aromatic rings. The summed E-state index contributed by atoms with van der Waals surface area (Å²) in [6, 6.07) is 88.9. The second kappa shape index (κ2) is 19.3. The number of rotatable bonds is 8. The highest BCUT2D eigenvalue weighted by molar-refractivity contribution is 7.71. The van der Waals surface area contributed by atoms with Crippen LogP contribution in [0.2, 0.25) is 0 Å². The highest BCUT2D eigenvalue weighted by Crippen LogP contribution is 2.81. The van der Waals surface area contributed by atoms with Crippen molar-refractivity contribution in [1.82, 2.24) is 9.34 Å². The lowest BCUT2D eigenvalue weighted by atomic mass is 9.74. The van der Waals surface area contributed by atoms with Gasteiger partial charge >= 0.3 is 0 Å². The summed E-state index contributed by atoms with van der Waals surface area (Å²) in [5.74, 6) is 0.0987. The lowest BCUT2D eigenvalue weighted by Crippen LogP contribution is -2.34. The smallest absolute Gasteiger partial charge is 0.190 e. The molecule has 2 saturated heterocycles. The molecule has 0 bridgehead atoms. The van der Waals surface area contributed by atoms with Crippen molar-refractivity contribution in [2.45, 2.75) is 49.3 Å². The van der Waals surface area contributed by atoms with E-state index in [4.69, 9.17) is 0 Å². The van der Waals surface area contributed by atoms with Crippen molar-refractivity contribution >= 4 is 58.9 Å². The summed E-state index contributed by atoms with van der Waals surface area (Å²) in [5.41, 5.74) is 9.46. The van der Waals surface area contributed by atoms with E-state index in [1.165, 1.54) is 44.5 Å². The third kappa shape index (κ3) is 7.41. The summed E-state index contributed by atoms with van der Waals surface area (Å²) < 4.78 is 37.7. The zero-order valence-corrected chi connectivity index (χ0v) is 44.7. The second-order valence-electron chi connectivity index (χ2n) is 21.3. The molecule has 0 aromatic heterocycles. The topological polar surface area (TPSA) is 40.6 Å². The predicted octanol–water partition coefficient (Wildman–Crippen LogP) is 17.1. The van der Waals surface area contributed by atoms with Crippen molar-refractivity contribution in [1.29, 1.82) is 0 Å². The maximum atomic E-state index is 16.5. The zero-order valence-electron chi connectivity index (χ0n) is 42.9. The molecule has 0 N–H and O–H groups in total. The first kappa shape index (κ1) is 48.2. The Hall–Kier alpha value is -7.42. The van der Waals surface area contributed by atoms with Gasteiger partial charge in [0.1, 0.15) is 0 Å². The molecule has 2 heterocycles. The standard InChI is InChI=1S/2C35H30NOP/c2*1-35-31-21-11-9-16-28(31)23-24-32(35)34(29-17-6-3-7-18-29)36(25-26-13-4-2-5-14-26)38(35,37)33-22-12-19-27-15-8-10-20-30(27)33/h2*2-24,32,34H,25H2,1H3/t2*32-,34+,35-,38-/m11/s1. The van der Waals surface area contributed by atoms with E-state index >= 15 is 9.13 Å². The molecule has 4 nitrogen and oxygen atoms in total. The van der Waals surface area contributed by atoms with Crippen molar-refractivity contribution in [3.8, 4) is 0 Å². The first-order valence-electron chi connectivity index (χ1n) is 26.7. The van der Waals surface area contributed by atoms with E-state index in [2.05, 4.69) is 290 Å². The lowest BCUT2D eigenvalue weighted by Gasteiger charge is -2.40. The van der Waals surface area contributed by atoms with E-state index in [9.17, 15) is 0 Å². The molecule has 0 amide bonds. The van der Waals surface area contributed by atoms with Crippen LogP contribution in [0, 0.1) is 11.8 Å². The number of hydrogen-bond donors (Lipinski definition) is 0. The average molecular weight is 1020 g/mol. The van der Waals surface area contributed by atoms with E-state index in [1.807, 2.05) is 12.1 Å². The van der Waals surface area contributed by atoms with Gasteiger partial charge in [-0.05, 0) is 92.0 Å². The molecule has 76 heavy (non-hydrogen) atoms. The minimum atomic E-state index is -3.26. The molecule has 4 aliphatic rings. The van der Waals surface area contributed by atoms with E-state index in [-0.39, 0.29) is 23.9 Å². The fourth-order valence-electron chi connectivity index (χ4n) is 13.9. The second-order valence-corrected chi connectivity index (χ2v) is 27.4. The molecule has 6 heteroatoms. The molecule has 8 atom stereocenters. The minimum absolute atomic E-state index is 0.0317. The van der Waals surface area contributed by atoms with Crippen LogP contribution in [0.1, 0.15) is 70.4 Å². The Kier molecular flexibility index (Phi) is 12.3. The van der Waals surface area contributed by atoms with Gasteiger partial charge in [-0.2, -0.15) is 0 Å². The van der Waals surface area contributed by atoms with Gasteiger partial charge in [0.05, 0.1) is 10.3 Å². The van der Waals surface area contributed by atoms with Crippen molar-refractivity contribution < 1.29 is 9.13 Å². The van der Waals surface area contributed by atoms with Gasteiger partial charge in [-0.1, -0.05) is 267 Å². The molecule has 0 radical (unpaired) electrons. The lowest BCUT2D eigenvalue weighted by molar-refractivity contribution is 0.290. The van der Waals surface area contributed by atoms with Crippen molar-refractivity contribution in [2.75, 3.05) is 0 Å². The van der Waals surface area contributed by atoms with Crippen LogP contribution in [0.4, 0.5) is 0 Å². The van der Waals surface area contributed by atoms with Crippen LogP contribution < -0.4 is 10.6 Å². The van der Waals surface area contributed by atoms with Gasteiger partial charge < -0.3 is 9.13 Å². The van der Waals surface area contributed by atoms with Crippen molar-refractivity contribution in [3.05, 3.63) is 311 Å². The van der Waals surface area contributed by atoms with Crippen LogP contribution in [0.3, 0.4) is 0 Å². The average Bonchev–Trinajstić information content (AvgIpc) is 3.96. The van der Waals surface area contributed by atoms with Gasteiger partial charge in [0.2, 0.25) is 0 Å². The molecule has 2 fully saturated rings. The number of hydrogen-bond acceptors (Lipinski definition) is 2. The van der Waals surface area contributed by atoms with Crippen LogP contribution in [0.25, 0.3) is 33.7 Å². The first-order chi connectivity index (χ1) is 37.2. The van der Waals surface area contributed by atoms with Gasteiger partial charge in [0.15, 0.2) is 14.6 Å². The Morgan fingerprint density at radius 3 is 1.11 bits per heavy atom. The van der Waals surface area contributed by atoms with Crippen LogP contribution >= 0.6 is 14.6 Å². The Morgan fingerprint density at radius 1 is 0.368 bits per heavy atom. The fraction of sp³-hybridized carbons (Fsp3) is 0.143. The van der Waals surface area contributed by atoms with Gasteiger partial charge in [0.25, 0.3) is 0 Å². The normalized spacial score (nSPS) is 26.2. The Bertz CT molecular complexity index is 3670. The SMILES string of the molecule is C[C@@]12c3ccccc3C=C[C@@H]1[C@H](c1ccccc1)N(Cc1ccccc1)[P@@]2(=O)c1cccc2ccccc12.C[C@@]12c3ccccc3C=C[C@@H]1[C@H](c1ccccc1)N(Cc1ccccc1)[P@@]2(=O)c1cccc2ccccc12. The van der Waals surface area contributed by atoms with Crippen LogP contribution in [-0.4, -0.2) is 9.34 Å². The summed E-state index contributed by atoms with van der Waals surface area (Å²) in [5, 5.41) is 5.14. The van der Waals surface area contributed by atoms with Crippen molar-refractivity contribution in [2.24, 2.45) is 11.8 Å². The summed E-state index contributed by atoms with van der Waals surface area (Å²) in [7, 11) is -6.52. The molecular formula is C70H60N2O2P2. The monoisotopic (exact) mass is 1020 g/mol. The fourth-order valence-corrected chi connectivity index (χ4v) is 22.4. The summed E-state index contributed by atoms with van der Waals surface area (Å²) in [4.78, 5) is 0. The molecule has 0 unspecified atom stereocenters. The molecule has 14 rings (SSSR count). The Balaban J connectivity index is 0.000000146. The van der Waals surface area contributed by atoms with Crippen molar-refractivity contribution in [3.63, 3.8) is 0 Å². The molecule has 2 aliphatic heterocycles. The Labute approximate surface area is 447 Å². The number of benzene rings is 10. The van der Waals surface area contributed by atoms with E-state index in [1.54, 1.807) is 0 Å². The van der Waals surface area contributed by atoms with Gasteiger partial charge in [-0.15, -0.1) is 0 Å². The van der Waals surface area contributed by atoms with Crippen LogP contribution in [0.5, 0.6) is 0 Å². The van der Waals surface area contributed by atoms with E-state index in [0.29, 0.717) is 13.1 Å². The highest BCUT2D eigenvalue weighted by Gasteiger charge is 2.67. The summed E-state index contributed by atoms with van der Waals surface area (Å²) in [6.07, 6.45) is 9.17. The number of fused-ring (bicyclic) bond motifs is 8. The zero-order chi connectivity index (χ0) is 51.5.